The third-order valence-corrected chi connectivity index (χ3v) is 5.76. The van der Waals surface area contributed by atoms with Crippen LogP contribution >= 0.6 is 34.7 Å². The minimum Gasteiger partial charge on any atom is -0.389 e. The molecular formula is C12H17ClOS2. The summed E-state index contributed by atoms with van der Waals surface area (Å²) in [5.74, 6) is 1.98. The van der Waals surface area contributed by atoms with Gasteiger partial charge in [-0.25, -0.2) is 0 Å². The normalized spacial score (nSPS) is 29.2. The Morgan fingerprint density at radius 2 is 2.12 bits per heavy atom. The van der Waals surface area contributed by atoms with E-state index in [2.05, 4.69) is 13.8 Å². The lowest BCUT2D eigenvalue weighted by molar-refractivity contribution is 0.0207. The van der Waals surface area contributed by atoms with Gasteiger partial charge in [-0.3, -0.25) is 0 Å². The van der Waals surface area contributed by atoms with Gasteiger partial charge in [-0.15, -0.1) is 11.3 Å². The first-order chi connectivity index (χ1) is 7.39. The van der Waals surface area contributed by atoms with Crippen molar-refractivity contribution in [3.63, 3.8) is 0 Å². The van der Waals surface area contributed by atoms with E-state index in [0.29, 0.717) is 0 Å². The highest BCUT2D eigenvalue weighted by atomic mass is 35.5. The van der Waals surface area contributed by atoms with Crippen molar-refractivity contribution in [2.24, 2.45) is 5.41 Å². The largest absolute Gasteiger partial charge is 0.389 e. The molecule has 0 radical (unpaired) electrons. The van der Waals surface area contributed by atoms with Crippen molar-refractivity contribution in [3.05, 3.63) is 21.3 Å². The fourth-order valence-corrected chi connectivity index (χ4v) is 4.96. The van der Waals surface area contributed by atoms with Crippen molar-refractivity contribution in [2.75, 3.05) is 11.5 Å². The number of thioether (sulfide) groups is 1. The van der Waals surface area contributed by atoms with Gasteiger partial charge in [0.25, 0.3) is 0 Å². The van der Waals surface area contributed by atoms with Crippen molar-refractivity contribution in [2.45, 2.75) is 32.3 Å². The molecule has 0 saturated carbocycles. The zero-order valence-corrected chi connectivity index (χ0v) is 12.0. The minimum absolute atomic E-state index is 0.235. The van der Waals surface area contributed by atoms with Crippen LogP contribution in [0.25, 0.3) is 0 Å². The van der Waals surface area contributed by atoms with Gasteiger partial charge in [0.05, 0.1) is 9.94 Å². The SMILES string of the molecule is CC1(C)CSCC(O)(Cc2ccc(Cl)s2)C1. The average molecular weight is 277 g/mol. The molecule has 2 heterocycles. The van der Waals surface area contributed by atoms with Crippen LogP contribution in [0.1, 0.15) is 25.1 Å². The molecule has 1 aliphatic rings. The molecule has 1 fully saturated rings. The summed E-state index contributed by atoms with van der Waals surface area (Å²) in [4.78, 5) is 1.19. The molecular weight excluding hydrogens is 260 g/mol. The zero-order valence-electron chi connectivity index (χ0n) is 9.62. The van der Waals surface area contributed by atoms with E-state index in [0.717, 1.165) is 28.7 Å². The van der Waals surface area contributed by atoms with E-state index < -0.39 is 5.60 Å². The zero-order chi connectivity index (χ0) is 11.8. The van der Waals surface area contributed by atoms with Crippen molar-refractivity contribution in [1.29, 1.82) is 0 Å². The van der Waals surface area contributed by atoms with Crippen LogP contribution in [0.3, 0.4) is 0 Å². The summed E-state index contributed by atoms with van der Waals surface area (Å²) in [6, 6.07) is 3.93. The fourth-order valence-electron chi connectivity index (χ4n) is 2.39. The molecule has 1 aliphatic heterocycles. The van der Waals surface area contributed by atoms with Crippen LogP contribution < -0.4 is 0 Å². The highest BCUT2D eigenvalue weighted by molar-refractivity contribution is 7.99. The Balaban J connectivity index is 2.07. The van der Waals surface area contributed by atoms with Crippen molar-refractivity contribution in [1.82, 2.24) is 0 Å². The predicted molar refractivity (Wildman–Crippen MR) is 73.7 cm³/mol. The second-order valence-electron chi connectivity index (χ2n) is 5.44. The maximum Gasteiger partial charge on any atom is 0.0931 e. The van der Waals surface area contributed by atoms with E-state index >= 15 is 0 Å². The fraction of sp³-hybridized carbons (Fsp3) is 0.667. The van der Waals surface area contributed by atoms with Crippen LogP contribution in [0, 0.1) is 5.41 Å². The van der Waals surface area contributed by atoms with Gasteiger partial charge in [-0.2, -0.15) is 11.8 Å². The van der Waals surface area contributed by atoms with E-state index in [1.54, 1.807) is 11.3 Å². The van der Waals surface area contributed by atoms with Gasteiger partial charge in [0, 0.05) is 17.1 Å². The predicted octanol–water partition coefficient (Wildman–Crippen LogP) is 3.84. The number of hydrogen-bond donors (Lipinski definition) is 1. The molecule has 2 rings (SSSR count). The van der Waals surface area contributed by atoms with Gasteiger partial charge >= 0.3 is 0 Å². The van der Waals surface area contributed by atoms with Gasteiger partial charge < -0.3 is 5.11 Å². The minimum atomic E-state index is -0.555. The molecule has 0 amide bonds. The van der Waals surface area contributed by atoms with E-state index in [9.17, 15) is 5.11 Å². The lowest BCUT2D eigenvalue weighted by Crippen LogP contribution is -2.43. The smallest absolute Gasteiger partial charge is 0.0931 e. The number of thiophene rings is 1. The van der Waals surface area contributed by atoms with Crippen molar-refractivity contribution >= 4 is 34.7 Å². The molecule has 1 saturated heterocycles. The van der Waals surface area contributed by atoms with Crippen molar-refractivity contribution in [3.8, 4) is 0 Å². The second kappa shape index (κ2) is 4.52. The molecule has 1 unspecified atom stereocenters. The number of rotatable bonds is 2. The first kappa shape index (κ1) is 12.7. The molecule has 0 aromatic carbocycles. The molecule has 1 aromatic heterocycles. The van der Waals surface area contributed by atoms with E-state index in [-0.39, 0.29) is 5.41 Å². The van der Waals surface area contributed by atoms with E-state index in [1.807, 2.05) is 23.9 Å². The quantitative estimate of drug-likeness (QED) is 0.886. The molecule has 0 spiro atoms. The van der Waals surface area contributed by atoms with Crippen molar-refractivity contribution < 1.29 is 5.11 Å². The number of aliphatic hydroxyl groups is 1. The summed E-state index contributed by atoms with van der Waals surface area (Å²) in [5, 5.41) is 10.6. The van der Waals surface area contributed by atoms with Gasteiger partial charge in [-0.05, 0) is 29.7 Å². The number of halogens is 1. The first-order valence-corrected chi connectivity index (χ1v) is 7.78. The van der Waals surface area contributed by atoms with Crippen LogP contribution in [-0.2, 0) is 6.42 Å². The molecule has 4 heteroatoms. The highest BCUT2D eigenvalue weighted by Gasteiger charge is 2.39. The monoisotopic (exact) mass is 276 g/mol. The Hall–Kier alpha value is 0.300. The Morgan fingerprint density at radius 3 is 2.69 bits per heavy atom. The second-order valence-corrected chi connectivity index (χ2v) is 8.23. The molecule has 90 valence electrons. The van der Waals surface area contributed by atoms with Crippen LogP contribution in [-0.4, -0.2) is 22.2 Å². The standard InChI is InChI=1S/C12H17ClOS2/c1-11(2)6-12(14,8-15-7-11)5-9-3-4-10(13)16-9/h3-4,14H,5-8H2,1-2H3. The number of hydrogen-bond acceptors (Lipinski definition) is 3. The van der Waals surface area contributed by atoms with Crippen LogP contribution in [0.2, 0.25) is 4.34 Å². The van der Waals surface area contributed by atoms with E-state index in [4.69, 9.17) is 11.6 Å². The summed E-state index contributed by atoms with van der Waals surface area (Å²) in [6.45, 7) is 4.46. The van der Waals surface area contributed by atoms with Gasteiger partial charge in [0.2, 0.25) is 0 Å². The molecule has 16 heavy (non-hydrogen) atoms. The van der Waals surface area contributed by atoms with Crippen LogP contribution in [0.15, 0.2) is 12.1 Å². The topological polar surface area (TPSA) is 20.2 Å². The summed E-state index contributed by atoms with van der Waals surface area (Å²) in [5.41, 5.74) is -0.320. The maximum absolute atomic E-state index is 10.6. The lowest BCUT2D eigenvalue weighted by atomic mass is 9.80. The Kier molecular flexibility index (Phi) is 3.60. The van der Waals surface area contributed by atoms with Crippen LogP contribution in [0.4, 0.5) is 0 Å². The summed E-state index contributed by atoms with van der Waals surface area (Å²) >= 11 is 9.34. The highest BCUT2D eigenvalue weighted by Crippen LogP contribution is 2.41. The summed E-state index contributed by atoms with van der Waals surface area (Å²) < 4.78 is 0.807. The Morgan fingerprint density at radius 1 is 1.38 bits per heavy atom. The molecule has 0 bridgehead atoms. The molecule has 0 aliphatic carbocycles. The van der Waals surface area contributed by atoms with Gasteiger partial charge in [0.1, 0.15) is 0 Å². The Labute approximate surface area is 110 Å². The van der Waals surface area contributed by atoms with Gasteiger partial charge in [0.15, 0.2) is 0 Å². The maximum atomic E-state index is 10.6. The molecule has 1 aromatic rings. The molecule has 1 atom stereocenters. The van der Waals surface area contributed by atoms with E-state index in [1.165, 1.54) is 4.88 Å². The van der Waals surface area contributed by atoms with Crippen LogP contribution in [0.5, 0.6) is 0 Å². The average Bonchev–Trinajstić information content (AvgIpc) is 2.47. The third kappa shape index (κ3) is 3.16. The summed E-state index contributed by atoms with van der Waals surface area (Å²) in [7, 11) is 0. The molecule has 1 N–H and O–H groups in total. The first-order valence-electron chi connectivity index (χ1n) is 5.43. The lowest BCUT2D eigenvalue weighted by Gasteiger charge is -2.41. The summed E-state index contributed by atoms with van der Waals surface area (Å²) in [6.07, 6.45) is 1.61. The Bertz CT molecular complexity index is 375. The third-order valence-electron chi connectivity index (χ3n) is 2.80. The molecule has 1 nitrogen and oxygen atoms in total. The van der Waals surface area contributed by atoms with Gasteiger partial charge in [-0.1, -0.05) is 25.4 Å².